The minimum absolute atomic E-state index is 0.317. The number of benzene rings is 4. The standard InChI is InChI=1S/C42H40N4O2/c1-39(2)41(5,6)47-37(45-39)35-19-15-27(23-43-35)25-13-17-31-32-18-14-26(22-34(32)30-12-10-9-11-29(30)33(31)21-25)28-16-20-36(44-24-28)38-46-40(3,4)42(7,8)48-38/h9-24H,1-8H3. The summed E-state index contributed by atoms with van der Waals surface area (Å²) in [7, 11) is 0. The summed E-state index contributed by atoms with van der Waals surface area (Å²) in [6.07, 6.45) is 3.84. The molecule has 4 heterocycles. The molecule has 240 valence electrons. The molecular formula is C42H40N4O2. The summed E-state index contributed by atoms with van der Waals surface area (Å²) in [4.78, 5) is 19.2. The topological polar surface area (TPSA) is 69.0 Å². The third-order valence-electron chi connectivity index (χ3n) is 10.9. The Bertz CT molecular complexity index is 2140. The highest BCUT2D eigenvalue weighted by Crippen LogP contribution is 2.40. The third kappa shape index (κ3) is 4.68. The van der Waals surface area contributed by atoms with Crippen LogP contribution in [0.25, 0.3) is 54.6 Å². The number of hydrogen-bond acceptors (Lipinski definition) is 6. The van der Waals surface area contributed by atoms with Gasteiger partial charge < -0.3 is 9.47 Å². The van der Waals surface area contributed by atoms with Crippen LogP contribution in [-0.4, -0.2) is 44.0 Å². The SMILES string of the molecule is CC1(C)N=C(c2ccc(-c3ccc4c5ccc(-c6ccc(C7=NC(C)(C)C(C)(C)O7)nc6)cc5c5ccccc5c4c3)cn2)OC1(C)C. The molecule has 2 aromatic heterocycles. The molecule has 2 aliphatic heterocycles. The van der Waals surface area contributed by atoms with E-state index in [1.165, 1.54) is 32.3 Å². The monoisotopic (exact) mass is 632 g/mol. The molecule has 0 fully saturated rings. The maximum atomic E-state index is 6.19. The van der Waals surface area contributed by atoms with Crippen LogP contribution in [-0.2, 0) is 9.47 Å². The van der Waals surface area contributed by atoms with Crippen molar-refractivity contribution >= 4 is 44.1 Å². The smallest absolute Gasteiger partial charge is 0.236 e. The normalized spacial score (nSPS) is 18.8. The van der Waals surface area contributed by atoms with E-state index in [9.17, 15) is 0 Å². The van der Waals surface area contributed by atoms with Crippen LogP contribution in [0.15, 0.2) is 107 Å². The molecule has 0 saturated heterocycles. The van der Waals surface area contributed by atoms with Crippen LogP contribution in [0.2, 0.25) is 0 Å². The van der Waals surface area contributed by atoms with Gasteiger partial charge in [-0.3, -0.25) is 9.97 Å². The fourth-order valence-corrected chi connectivity index (χ4v) is 6.47. The van der Waals surface area contributed by atoms with Crippen molar-refractivity contribution in [2.45, 2.75) is 77.7 Å². The summed E-state index contributed by atoms with van der Waals surface area (Å²) in [5, 5.41) is 7.31. The van der Waals surface area contributed by atoms with Crippen LogP contribution < -0.4 is 0 Å². The molecule has 48 heavy (non-hydrogen) atoms. The Balaban J connectivity index is 1.16. The second kappa shape index (κ2) is 10.2. The van der Waals surface area contributed by atoms with Gasteiger partial charge in [-0.25, -0.2) is 9.98 Å². The van der Waals surface area contributed by atoms with E-state index in [4.69, 9.17) is 29.4 Å². The Labute approximate surface area is 281 Å². The van der Waals surface area contributed by atoms with Crippen molar-refractivity contribution in [3.05, 3.63) is 109 Å². The Morgan fingerprint density at radius 3 is 1.12 bits per heavy atom. The minimum atomic E-state index is -0.386. The molecule has 8 rings (SSSR count). The predicted molar refractivity (Wildman–Crippen MR) is 197 cm³/mol. The van der Waals surface area contributed by atoms with Crippen LogP contribution in [0.4, 0.5) is 0 Å². The number of nitrogens with zero attached hydrogens (tertiary/aromatic N) is 4. The van der Waals surface area contributed by atoms with Crippen molar-refractivity contribution in [2.75, 3.05) is 0 Å². The van der Waals surface area contributed by atoms with Crippen LogP contribution in [0.5, 0.6) is 0 Å². The van der Waals surface area contributed by atoms with Crippen LogP contribution >= 0.6 is 0 Å². The average molecular weight is 633 g/mol. The summed E-state index contributed by atoms with van der Waals surface area (Å²) in [5.74, 6) is 1.20. The third-order valence-corrected chi connectivity index (χ3v) is 10.9. The van der Waals surface area contributed by atoms with Crippen molar-refractivity contribution < 1.29 is 9.47 Å². The van der Waals surface area contributed by atoms with Crippen LogP contribution in [0.3, 0.4) is 0 Å². The lowest BCUT2D eigenvalue weighted by Crippen LogP contribution is -2.41. The highest BCUT2D eigenvalue weighted by molar-refractivity contribution is 6.26. The minimum Gasteiger partial charge on any atom is -0.468 e. The fraction of sp³-hybridized carbons (Fsp3) is 0.286. The van der Waals surface area contributed by atoms with E-state index in [0.717, 1.165) is 33.6 Å². The largest absolute Gasteiger partial charge is 0.468 e. The Morgan fingerprint density at radius 2 is 0.792 bits per heavy atom. The molecule has 0 aliphatic carbocycles. The number of aliphatic imine (C=N–C) groups is 2. The van der Waals surface area contributed by atoms with Gasteiger partial charge in [-0.2, -0.15) is 0 Å². The van der Waals surface area contributed by atoms with E-state index in [2.05, 4.69) is 128 Å². The summed E-state index contributed by atoms with van der Waals surface area (Å²) in [6.45, 7) is 16.7. The summed E-state index contributed by atoms with van der Waals surface area (Å²) >= 11 is 0. The van der Waals surface area contributed by atoms with E-state index >= 15 is 0 Å². The molecule has 0 amide bonds. The maximum absolute atomic E-state index is 6.19. The quantitative estimate of drug-likeness (QED) is 0.181. The van der Waals surface area contributed by atoms with Gasteiger partial charge in [0, 0.05) is 23.5 Å². The first-order chi connectivity index (χ1) is 22.7. The Kier molecular flexibility index (Phi) is 6.43. The van der Waals surface area contributed by atoms with Crippen LogP contribution in [0, 0.1) is 0 Å². The fourth-order valence-electron chi connectivity index (χ4n) is 6.47. The molecule has 2 aliphatic rings. The van der Waals surface area contributed by atoms with E-state index < -0.39 is 0 Å². The van der Waals surface area contributed by atoms with Crippen molar-refractivity contribution in [1.82, 2.24) is 9.97 Å². The van der Waals surface area contributed by atoms with E-state index in [1.54, 1.807) is 0 Å². The zero-order valence-corrected chi connectivity index (χ0v) is 28.8. The molecule has 6 aromatic rings. The lowest BCUT2D eigenvalue weighted by Gasteiger charge is -2.30. The second-order valence-electron chi connectivity index (χ2n) is 15.1. The summed E-state index contributed by atoms with van der Waals surface area (Å²) in [6, 6.07) is 30.3. The van der Waals surface area contributed by atoms with Crippen molar-refractivity contribution in [2.24, 2.45) is 9.98 Å². The van der Waals surface area contributed by atoms with Gasteiger partial charge in [-0.1, -0.05) is 60.7 Å². The zero-order chi connectivity index (χ0) is 33.6. The Hall–Kier alpha value is -5.10. The first-order valence-corrected chi connectivity index (χ1v) is 16.6. The predicted octanol–water partition coefficient (Wildman–Crippen LogP) is 9.94. The summed E-state index contributed by atoms with van der Waals surface area (Å²) < 4.78 is 12.4. The maximum Gasteiger partial charge on any atom is 0.236 e. The molecule has 0 bridgehead atoms. The number of rotatable bonds is 4. The number of hydrogen-bond donors (Lipinski definition) is 0. The number of ether oxygens (including phenoxy) is 2. The van der Waals surface area contributed by atoms with Gasteiger partial charge in [0.2, 0.25) is 11.8 Å². The molecule has 4 aromatic carbocycles. The Morgan fingerprint density at radius 1 is 0.417 bits per heavy atom. The number of pyridine rings is 2. The van der Waals surface area contributed by atoms with Gasteiger partial charge in [-0.05, 0) is 123 Å². The highest BCUT2D eigenvalue weighted by Gasteiger charge is 2.46. The van der Waals surface area contributed by atoms with Gasteiger partial charge in [0.15, 0.2) is 0 Å². The zero-order valence-electron chi connectivity index (χ0n) is 28.8. The number of fused-ring (bicyclic) bond motifs is 6. The van der Waals surface area contributed by atoms with Crippen LogP contribution in [0.1, 0.15) is 66.8 Å². The lowest BCUT2D eigenvalue weighted by atomic mass is 9.87. The molecule has 0 atom stereocenters. The first-order valence-electron chi connectivity index (χ1n) is 16.6. The average Bonchev–Trinajstić information content (AvgIpc) is 3.43. The molecule has 6 heteroatoms. The molecule has 0 radical (unpaired) electrons. The number of aromatic nitrogens is 2. The molecule has 0 spiro atoms. The van der Waals surface area contributed by atoms with Gasteiger partial charge >= 0.3 is 0 Å². The highest BCUT2D eigenvalue weighted by atomic mass is 16.5. The van der Waals surface area contributed by atoms with Gasteiger partial charge in [0.05, 0.1) is 11.1 Å². The van der Waals surface area contributed by atoms with Crippen molar-refractivity contribution in [3.8, 4) is 22.3 Å². The van der Waals surface area contributed by atoms with E-state index in [-0.39, 0.29) is 22.3 Å². The van der Waals surface area contributed by atoms with Gasteiger partial charge in [0.25, 0.3) is 0 Å². The lowest BCUT2D eigenvalue weighted by molar-refractivity contribution is 0.0616. The van der Waals surface area contributed by atoms with Gasteiger partial charge in [-0.15, -0.1) is 0 Å². The molecule has 0 N–H and O–H groups in total. The van der Waals surface area contributed by atoms with E-state index in [1.807, 2.05) is 24.5 Å². The van der Waals surface area contributed by atoms with Gasteiger partial charge in [0.1, 0.15) is 22.6 Å². The first kappa shape index (κ1) is 30.2. The summed E-state index contributed by atoms with van der Waals surface area (Å²) in [5.41, 5.74) is 4.44. The molecular weight excluding hydrogens is 592 g/mol. The molecule has 0 unspecified atom stereocenters. The molecule has 0 saturated carbocycles. The molecule has 6 nitrogen and oxygen atoms in total. The van der Waals surface area contributed by atoms with E-state index in [0.29, 0.717) is 11.8 Å². The van der Waals surface area contributed by atoms with Crippen molar-refractivity contribution in [1.29, 1.82) is 0 Å². The second-order valence-corrected chi connectivity index (χ2v) is 15.1. The van der Waals surface area contributed by atoms with Crippen molar-refractivity contribution in [3.63, 3.8) is 0 Å².